The van der Waals surface area contributed by atoms with Crippen LogP contribution >= 0.6 is 0 Å². The van der Waals surface area contributed by atoms with Crippen LogP contribution in [-0.2, 0) is 12.8 Å². The van der Waals surface area contributed by atoms with Crippen molar-refractivity contribution < 1.29 is 9.32 Å². The maximum atomic E-state index is 13.3. The number of pyridine rings is 1. The summed E-state index contributed by atoms with van der Waals surface area (Å²) < 4.78 is 5.78. The number of hydrogen-bond donors (Lipinski definition) is 0. The molecule has 1 saturated heterocycles. The van der Waals surface area contributed by atoms with Gasteiger partial charge in [0, 0.05) is 56.1 Å². The van der Waals surface area contributed by atoms with Crippen molar-refractivity contribution in [3.63, 3.8) is 0 Å². The number of fused-ring (bicyclic) bond motifs is 1. The molecule has 0 unspecified atom stereocenters. The lowest BCUT2D eigenvalue weighted by Gasteiger charge is -2.24. The molecule has 5 aromatic rings. The van der Waals surface area contributed by atoms with Gasteiger partial charge in [-0.2, -0.15) is 4.98 Å². The summed E-state index contributed by atoms with van der Waals surface area (Å²) in [6, 6.07) is 20.2. The molecule has 0 bridgehead atoms. The predicted molar refractivity (Wildman–Crippen MR) is 155 cm³/mol. The van der Waals surface area contributed by atoms with E-state index in [0.29, 0.717) is 43.3 Å². The topological polar surface area (TPSA) is 88.3 Å². The highest BCUT2D eigenvalue weighted by atomic mass is 16.5. The molecular weight excluding hydrogens is 500 g/mol. The molecule has 1 aliphatic rings. The van der Waals surface area contributed by atoms with Gasteiger partial charge in [0.25, 0.3) is 11.6 Å². The van der Waals surface area contributed by atoms with Gasteiger partial charge in [0.05, 0.1) is 0 Å². The van der Waals surface area contributed by atoms with Crippen molar-refractivity contribution in [1.82, 2.24) is 25.0 Å². The minimum absolute atomic E-state index is 0.0680. The van der Waals surface area contributed by atoms with E-state index in [9.17, 15) is 4.79 Å². The van der Waals surface area contributed by atoms with Crippen LogP contribution in [0.4, 0.5) is 5.82 Å². The molecule has 0 saturated carbocycles. The molecule has 40 heavy (non-hydrogen) atoms. The van der Waals surface area contributed by atoms with E-state index in [1.165, 1.54) is 11.1 Å². The molecular formula is C32H32N6O2. The third-order valence-electron chi connectivity index (χ3n) is 7.47. The highest BCUT2D eigenvalue weighted by molar-refractivity contribution is 5.98. The van der Waals surface area contributed by atoms with Crippen LogP contribution in [0.25, 0.3) is 22.4 Å². The van der Waals surface area contributed by atoms with Gasteiger partial charge in [0.2, 0.25) is 0 Å². The molecule has 1 fully saturated rings. The number of carbonyl (C=O) groups excluding carboxylic acids is 1. The first-order valence-electron chi connectivity index (χ1n) is 13.8. The first-order chi connectivity index (χ1) is 19.6. The zero-order valence-corrected chi connectivity index (χ0v) is 22.9. The third kappa shape index (κ3) is 5.30. The van der Waals surface area contributed by atoms with E-state index in [0.717, 1.165) is 47.3 Å². The molecule has 0 spiro atoms. The van der Waals surface area contributed by atoms with Gasteiger partial charge >= 0.3 is 0 Å². The fourth-order valence-electron chi connectivity index (χ4n) is 5.17. The highest BCUT2D eigenvalue weighted by Gasteiger charge is 2.26. The second kappa shape index (κ2) is 11.3. The van der Waals surface area contributed by atoms with Crippen LogP contribution in [0, 0.1) is 6.92 Å². The van der Waals surface area contributed by atoms with Crippen molar-refractivity contribution in [3.05, 3.63) is 101 Å². The number of nitrogens with zero attached hydrogens (tertiary/aromatic N) is 6. The normalized spacial score (nSPS) is 13.9. The number of aryl methyl sites for hydroxylation is 2. The molecule has 1 amide bonds. The summed E-state index contributed by atoms with van der Waals surface area (Å²) in [4.78, 5) is 31.6. The molecule has 6 rings (SSSR count). The standard InChI is InChI=1S/C32H32N6O2/c1-3-23-11-13-25(14-12-23)32(39)38-17-5-16-37(18-19-38)30-28-29(26-6-4-15-33-21-26)36-40-31(28)35-27(34-30)20-24-9-7-22(2)8-10-24/h4,6-15,21H,3,5,16-20H2,1-2H3. The van der Waals surface area contributed by atoms with Crippen LogP contribution in [-0.4, -0.2) is 57.1 Å². The Morgan fingerprint density at radius 1 is 0.925 bits per heavy atom. The molecule has 0 radical (unpaired) electrons. The van der Waals surface area contributed by atoms with Crippen molar-refractivity contribution in [3.8, 4) is 11.3 Å². The maximum absolute atomic E-state index is 13.3. The number of carbonyl (C=O) groups is 1. The monoisotopic (exact) mass is 532 g/mol. The Kier molecular flexibility index (Phi) is 7.23. The highest BCUT2D eigenvalue weighted by Crippen LogP contribution is 2.34. The summed E-state index contributed by atoms with van der Waals surface area (Å²) in [5.74, 6) is 1.53. The minimum atomic E-state index is 0.0680. The fraction of sp³-hybridized carbons (Fsp3) is 0.281. The molecule has 8 heteroatoms. The molecule has 8 nitrogen and oxygen atoms in total. The third-order valence-corrected chi connectivity index (χ3v) is 7.47. The van der Waals surface area contributed by atoms with Crippen LogP contribution in [0.15, 0.2) is 77.6 Å². The van der Waals surface area contributed by atoms with Gasteiger partial charge < -0.3 is 14.3 Å². The van der Waals surface area contributed by atoms with E-state index < -0.39 is 0 Å². The SMILES string of the molecule is CCc1ccc(C(=O)N2CCCN(c3nc(Cc4ccc(C)cc4)nc4onc(-c5cccnc5)c34)CC2)cc1. The van der Waals surface area contributed by atoms with E-state index in [1.807, 2.05) is 41.3 Å². The van der Waals surface area contributed by atoms with Gasteiger partial charge in [-0.25, -0.2) is 4.98 Å². The average Bonchev–Trinajstić information content (AvgIpc) is 3.27. The van der Waals surface area contributed by atoms with E-state index in [-0.39, 0.29) is 5.91 Å². The Morgan fingerprint density at radius 3 is 2.48 bits per heavy atom. The Bertz CT molecular complexity index is 1610. The van der Waals surface area contributed by atoms with E-state index in [1.54, 1.807) is 12.4 Å². The van der Waals surface area contributed by atoms with Crippen LogP contribution in [0.2, 0.25) is 0 Å². The molecule has 0 N–H and O–H groups in total. The van der Waals surface area contributed by atoms with Gasteiger partial charge in [0.15, 0.2) is 0 Å². The summed E-state index contributed by atoms with van der Waals surface area (Å²) in [6.07, 6.45) is 5.87. The maximum Gasteiger partial charge on any atom is 0.263 e. The first kappa shape index (κ1) is 25.7. The Hall–Kier alpha value is -4.59. The minimum Gasteiger partial charge on any atom is -0.354 e. The molecule has 2 aromatic carbocycles. The van der Waals surface area contributed by atoms with E-state index in [2.05, 4.69) is 53.2 Å². The molecule has 1 aliphatic heterocycles. The van der Waals surface area contributed by atoms with Gasteiger partial charge in [-0.3, -0.25) is 9.78 Å². The molecule has 3 aromatic heterocycles. The van der Waals surface area contributed by atoms with Gasteiger partial charge in [-0.05, 0) is 55.2 Å². The van der Waals surface area contributed by atoms with Crippen molar-refractivity contribution >= 4 is 22.8 Å². The largest absolute Gasteiger partial charge is 0.354 e. The van der Waals surface area contributed by atoms with Crippen molar-refractivity contribution in [2.75, 3.05) is 31.1 Å². The van der Waals surface area contributed by atoms with Crippen LogP contribution in [0.5, 0.6) is 0 Å². The lowest BCUT2D eigenvalue weighted by molar-refractivity contribution is 0.0767. The van der Waals surface area contributed by atoms with Crippen LogP contribution < -0.4 is 4.90 Å². The zero-order chi connectivity index (χ0) is 27.5. The number of anilines is 1. The number of amides is 1. The second-order valence-electron chi connectivity index (χ2n) is 10.3. The van der Waals surface area contributed by atoms with Gasteiger partial charge in [-0.15, -0.1) is 0 Å². The lowest BCUT2D eigenvalue weighted by Crippen LogP contribution is -2.35. The Labute approximate surface area is 233 Å². The second-order valence-corrected chi connectivity index (χ2v) is 10.3. The van der Waals surface area contributed by atoms with Gasteiger partial charge in [0.1, 0.15) is 22.7 Å². The first-order valence-corrected chi connectivity index (χ1v) is 13.8. The van der Waals surface area contributed by atoms with E-state index in [4.69, 9.17) is 14.5 Å². The summed E-state index contributed by atoms with van der Waals surface area (Å²) in [5.41, 5.74) is 6.28. The molecule has 0 aliphatic carbocycles. The fourth-order valence-corrected chi connectivity index (χ4v) is 5.17. The Balaban J connectivity index is 1.33. The van der Waals surface area contributed by atoms with Crippen molar-refractivity contribution in [2.24, 2.45) is 0 Å². The number of hydrogen-bond acceptors (Lipinski definition) is 7. The number of benzene rings is 2. The molecule has 4 heterocycles. The Morgan fingerprint density at radius 2 is 1.73 bits per heavy atom. The predicted octanol–water partition coefficient (Wildman–Crippen LogP) is 5.49. The summed E-state index contributed by atoms with van der Waals surface area (Å²) >= 11 is 0. The summed E-state index contributed by atoms with van der Waals surface area (Å²) in [5, 5.41) is 5.17. The van der Waals surface area contributed by atoms with Crippen molar-refractivity contribution in [1.29, 1.82) is 0 Å². The van der Waals surface area contributed by atoms with Crippen molar-refractivity contribution in [2.45, 2.75) is 33.1 Å². The smallest absolute Gasteiger partial charge is 0.263 e. The number of rotatable bonds is 6. The summed E-state index contributed by atoms with van der Waals surface area (Å²) in [6.45, 7) is 6.88. The van der Waals surface area contributed by atoms with Gasteiger partial charge in [-0.1, -0.05) is 54.0 Å². The summed E-state index contributed by atoms with van der Waals surface area (Å²) in [7, 11) is 0. The van der Waals surface area contributed by atoms with E-state index >= 15 is 0 Å². The van der Waals surface area contributed by atoms with Crippen LogP contribution in [0.1, 0.15) is 46.2 Å². The lowest BCUT2D eigenvalue weighted by atomic mass is 10.1. The molecule has 202 valence electrons. The average molecular weight is 533 g/mol. The quantitative estimate of drug-likeness (QED) is 0.286. The van der Waals surface area contributed by atoms with Crippen LogP contribution in [0.3, 0.4) is 0 Å². The zero-order valence-electron chi connectivity index (χ0n) is 22.9. The number of aromatic nitrogens is 4. The molecule has 0 atom stereocenters.